The lowest BCUT2D eigenvalue weighted by Gasteiger charge is -2.12. The molecule has 0 aliphatic carbocycles. The van der Waals surface area contributed by atoms with Gasteiger partial charge in [0.1, 0.15) is 0 Å². The Morgan fingerprint density at radius 1 is 1.39 bits per heavy atom. The van der Waals surface area contributed by atoms with Gasteiger partial charge >= 0.3 is 6.18 Å². The lowest BCUT2D eigenvalue weighted by molar-refractivity contribution is -0.208. The van der Waals surface area contributed by atoms with Crippen LogP contribution in [0.15, 0.2) is 24.5 Å². The highest BCUT2D eigenvalue weighted by atomic mass is 19.4. The first-order valence-electron chi connectivity index (χ1n) is 4.90. The van der Waals surface area contributed by atoms with E-state index in [2.05, 4.69) is 20.4 Å². The van der Waals surface area contributed by atoms with Gasteiger partial charge in [-0.05, 0) is 17.3 Å². The van der Waals surface area contributed by atoms with Crippen molar-refractivity contribution >= 4 is 0 Å². The van der Waals surface area contributed by atoms with Crippen LogP contribution in [0, 0.1) is 0 Å². The lowest BCUT2D eigenvalue weighted by atomic mass is 10.3. The van der Waals surface area contributed by atoms with E-state index in [1.165, 1.54) is 6.20 Å². The van der Waals surface area contributed by atoms with Gasteiger partial charge in [-0.1, -0.05) is 0 Å². The van der Waals surface area contributed by atoms with Gasteiger partial charge in [0.05, 0.1) is 6.54 Å². The van der Waals surface area contributed by atoms with Gasteiger partial charge in [-0.25, -0.2) is 0 Å². The van der Waals surface area contributed by atoms with Crippen LogP contribution < -0.4 is 0 Å². The van der Waals surface area contributed by atoms with Gasteiger partial charge in [0, 0.05) is 18.0 Å². The monoisotopic (exact) mass is 259 g/mol. The minimum Gasteiger partial charge on any atom is -0.382 e. The Bertz CT molecular complexity index is 512. The molecule has 2 heterocycles. The Morgan fingerprint density at radius 3 is 2.78 bits per heavy atom. The van der Waals surface area contributed by atoms with Crippen LogP contribution in [0.3, 0.4) is 0 Å². The smallest absolute Gasteiger partial charge is 0.382 e. The molecule has 2 aromatic heterocycles. The van der Waals surface area contributed by atoms with Crippen LogP contribution in [0.4, 0.5) is 13.2 Å². The second kappa shape index (κ2) is 4.69. The Balaban J connectivity index is 2.12. The van der Waals surface area contributed by atoms with Crippen molar-refractivity contribution in [2.75, 3.05) is 0 Å². The molecule has 0 radical (unpaired) electrons. The molecule has 9 heteroatoms. The summed E-state index contributed by atoms with van der Waals surface area (Å²) in [5.74, 6) is 0.150. The van der Waals surface area contributed by atoms with E-state index >= 15 is 0 Å². The van der Waals surface area contributed by atoms with E-state index in [0.717, 1.165) is 0 Å². The van der Waals surface area contributed by atoms with Gasteiger partial charge in [-0.3, -0.25) is 4.98 Å². The van der Waals surface area contributed by atoms with Crippen molar-refractivity contribution in [2.45, 2.75) is 18.8 Å². The quantitative estimate of drug-likeness (QED) is 0.876. The molecule has 0 aliphatic rings. The van der Waals surface area contributed by atoms with E-state index in [-0.39, 0.29) is 5.82 Å². The number of rotatable bonds is 3. The average molecular weight is 259 g/mol. The molecule has 1 N–H and O–H groups in total. The zero-order valence-corrected chi connectivity index (χ0v) is 8.91. The molecule has 2 rings (SSSR count). The minimum absolute atomic E-state index is 0.150. The highest BCUT2D eigenvalue weighted by molar-refractivity contribution is 5.51. The van der Waals surface area contributed by atoms with Crippen molar-refractivity contribution in [3.63, 3.8) is 0 Å². The van der Waals surface area contributed by atoms with Gasteiger partial charge in [-0.2, -0.15) is 18.0 Å². The summed E-state index contributed by atoms with van der Waals surface area (Å²) in [6, 6.07) is 3.29. The van der Waals surface area contributed by atoms with E-state index in [1.54, 1.807) is 18.3 Å². The molecule has 0 aliphatic heterocycles. The fourth-order valence-electron chi connectivity index (χ4n) is 1.19. The summed E-state index contributed by atoms with van der Waals surface area (Å²) in [4.78, 5) is 4.52. The van der Waals surface area contributed by atoms with Crippen molar-refractivity contribution in [2.24, 2.45) is 0 Å². The van der Waals surface area contributed by atoms with E-state index in [1.807, 2.05) is 0 Å². The fourth-order valence-corrected chi connectivity index (χ4v) is 1.19. The van der Waals surface area contributed by atoms with E-state index < -0.39 is 18.8 Å². The zero-order chi connectivity index (χ0) is 13.2. The predicted molar refractivity (Wildman–Crippen MR) is 53.1 cm³/mol. The first-order valence-corrected chi connectivity index (χ1v) is 4.90. The number of hydrogen-bond acceptors (Lipinski definition) is 5. The van der Waals surface area contributed by atoms with E-state index in [9.17, 15) is 13.2 Å². The van der Waals surface area contributed by atoms with Crippen molar-refractivity contribution in [1.82, 2.24) is 25.2 Å². The molecule has 0 aromatic carbocycles. The van der Waals surface area contributed by atoms with Crippen LogP contribution in [0.2, 0.25) is 0 Å². The number of nitrogens with zero attached hydrogens (tertiary/aromatic N) is 5. The number of tetrazole rings is 1. The summed E-state index contributed by atoms with van der Waals surface area (Å²) >= 11 is 0. The Kier molecular flexibility index (Phi) is 3.24. The molecule has 0 fully saturated rings. The third kappa shape index (κ3) is 2.80. The van der Waals surface area contributed by atoms with Crippen LogP contribution in [0.5, 0.6) is 0 Å². The van der Waals surface area contributed by atoms with Crippen LogP contribution >= 0.6 is 0 Å². The summed E-state index contributed by atoms with van der Waals surface area (Å²) in [6.45, 7) is -0.795. The topological polar surface area (TPSA) is 76.7 Å². The van der Waals surface area contributed by atoms with Crippen LogP contribution in [-0.4, -0.2) is 42.6 Å². The molecule has 0 spiro atoms. The number of alkyl halides is 3. The van der Waals surface area contributed by atoms with Crippen LogP contribution in [0.1, 0.15) is 0 Å². The molecule has 2 aromatic rings. The molecule has 0 saturated carbocycles. The maximum atomic E-state index is 12.1. The van der Waals surface area contributed by atoms with E-state index in [4.69, 9.17) is 5.11 Å². The molecule has 1 atom stereocenters. The maximum absolute atomic E-state index is 12.1. The molecule has 1 unspecified atom stereocenters. The predicted octanol–water partition coefficient (Wildman–Crippen LogP) is 0.658. The Morgan fingerprint density at radius 2 is 2.17 bits per heavy atom. The minimum atomic E-state index is -4.71. The molecular weight excluding hydrogens is 251 g/mol. The molecule has 96 valence electrons. The molecule has 18 heavy (non-hydrogen) atoms. The number of aliphatic hydroxyl groups excluding tert-OH is 1. The summed E-state index contributed by atoms with van der Waals surface area (Å²) in [7, 11) is 0. The highest BCUT2D eigenvalue weighted by Gasteiger charge is 2.38. The average Bonchev–Trinajstić information content (AvgIpc) is 2.77. The summed E-state index contributed by atoms with van der Waals surface area (Å²) in [5.41, 5.74) is 0.533. The number of aromatic nitrogens is 5. The second-order valence-corrected chi connectivity index (χ2v) is 3.47. The largest absolute Gasteiger partial charge is 0.416 e. The number of pyridine rings is 1. The normalized spacial score (nSPS) is 13.6. The Hall–Kier alpha value is -2.03. The Labute approximate surface area is 99.1 Å². The van der Waals surface area contributed by atoms with Crippen molar-refractivity contribution in [1.29, 1.82) is 0 Å². The first kappa shape index (κ1) is 12.4. The van der Waals surface area contributed by atoms with Crippen LogP contribution in [-0.2, 0) is 6.54 Å². The molecule has 0 bridgehead atoms. The third-order valence-corrected chi connectivity index (χ3v) is 2.09. The van der Waals surface area contributed by atoms with Crippen molar-refractivity contribution in [3.05, 3.63) is 24.5 Å². The zero-order valence-electron chi connectivity index (χ0n) is 8.91. The molecule has 0 amide bonds. The van der Waals surface area contributed by atoms with Gasteiger partial charge in [0.15, 0.2) is 6.10 Å². The molecular formula is C9H8F3N5O. The van der Waals surface area contributed by atoms with Gasteiger partial charge in [0.25, 0.3) is 0 Å². The first-order chi connectivity index (χ1) is 8.47. The number of aliphatic hydroxyl groups is 1. The number of hydrogen-bond donors (Lipinski definition) is 1. The van der Waals surface area contributed by atoms with Crippen LogP contribution in [0.25, 0.3) is 11.4 Å². The molecule has 6 nitrogen and oxygen atoms in total. The second-order valence-electron chi connectivity index (χ2n) is 3.47. The highest BCUT2D eigenvalue weighted by Crippen LogP contribution is 2.21. The summed E-state index contributed by atoms with van der Waals surface area (Å²) in [6.07, 6.45) is -4.22. The van der Waals surface area contributed by atoms with Gasteiger partial charge < -0.3 is 5.11 Å². The third-order valence-electron chi connectivity index (χ3n) is 2.09. The SMILES string of the molecule is OC(Cn1nnc(-c2cccnc2)n1)C(F)(F)F. The lowest BCUT2D eigenvalue weighted by Crippen LogP contribution is -2.33. The molecule has 0 saturated heterocycles. The van der Waals surface area contributed by atoms with Crippen molar-refractivity contribution in [3.8, 4) is 11.4 Å². The van der Waals surface area contributed by atoms with Gasteiger partial charge in [-0.15, -0.1) is 10.2 Å². The van der Waals surface area contributed by atoms with Crippen molar-refractivity contribution < 1.29 is 18.3 Å². The fraction of sp³-hybridized carbons (Fsp3) is 0.333. The van der Waals surface area contributed by atoms with E-state index in [0.29, 0.717) is 10.4 Å². The standard InChI is InChI=1S/C9H8F3N5O/c10-9(11,12)7(18)5-17-15-8(14-16-17)6-2-1-3-13-4-6/h1-4,7,18H,5H2. The summed E-state index contributed by atoms with van der Waals surface area (Å²) < 4.78 is 36.3. The maximum Gasteiger partial charge on any atom is 0.416 e. The van der Waals surface area contributed by atoms with Gasteiger partial charge in [0.2, 0.25) is 5.82 Å². The number of halogens is 3. The summed E-state index contributed by atoms with van der Waals surface area (Å²) in [5, 5.41) is 19.6.